The molecule has 0 saturated carbocycles. The van der Waals surface area contributed by atoms with E-state index in [2.05, 4.69) is 32.2 Å². The molecule has 0 radical (unpaired) electrons. The van der Waals surface area contributed by atoms with Gasteiger partial charge in [-0.2, -0.15) is 0 Å². The van der Waals surface area contributed by atoms with Crippen molar-refractivity contribution in [3.8, 4) is 5.75 Å². The van der Waals surface area contributed by atoms with E-state index in [0.717, 1.165) is 30.2 Å². The van der Waals surface area contributed by atoms with Crippen LogP contribution in [0.3, 0.4) is 0 Å². The molecule has 0 aliphatic carbocycles. The molecule has 112 valence electrons. The van der Waals surface area contributed by atoms with Gasteiger partial charge in [-0.05, 0) is 36.1 Å². The van der Waals surface area contributed by atoms with E-state index in [4.69, 9.17) is 16.3 Å². The van der Waals surface area contributed by atoms with Crippen LogP contribution in [0.4, 0.5) is 0 Å². The number of ether oxygens (including phenoxy) is 1. The van der Waals surface area contributed by atoms with E-state index in [1.807, 2.05) is 6.07 Å². The maximum Gasteiger partial charge on any atom is 0.125 e. The number of hydrogen-bond donors (Lipinski definition) is 1. The van der Waals surface area contributed by atoms with Gasteiger partial charge in [0.05, 0.1) is 6.61 Å². The molecule has 0 saturated heterocycles. The summed E-state index contributed by atoms with van der Waals surface area (Å²) in [6.07, 6.45) is 5.69. The second kappa shape index (κ2) is 7.33. The zero-order valence-electron chi connectivity index (χ0n) is 12.8. The Kier molecular flexibility index (Phi) is 5.74. The van der Waals surface area contributed by atoms with Crippen molar-refractivity contribution in [1.82, 2.24) is 5.32 Å². The number of nitrogens with one attached hydrogen (secondary N) is 1. The van der Waals surface area contributed by atoms with E-state index in [9.17, 15) is 0 Å². The Hall–Kier alpha value is -0.730. The minimum absolute atomic E-state index is 0.502. The van der Waals surface area contributed by atoms with Crippen LogP contribution in [-0.2, 0) is 12.8 Å². The van der Waals surface area contributed by atoms with Gasteiger partial charge in [0.1, 0.15) is 5.75 Å². The van der Waals surface area contributed by atoms with Gasteiger partial charge in [0.15, 0.2) is 0 Å². The minimum atomic E-state index is 0.502. The highest BCUT2D eigenvalue weighted by atomic mass is 35.5. The van der Waals surface area contributed by atoms with Crippen LogP contribution in [0.15, 0.2) is 12.1 Å². The average Bonchev–Trinajstić information content (AvgIpc) is 2.83. The lowest BCUT2D eigenvalue weighted by Gasteiger charge is -2.22. The van der Waals surface area contributed by atoms with Crippen LogP contribution in [0.2, 0.25) is 5.02 Å². The normalized spacial score (nSPS) is 15.2. The fourth-order valence-electron chi connectivity index (χ4n) is 2.93. The lowest BCUT2D eigenvalue weighted by atomic mass is 9.97. The summed E-state index contributed by atoms with van der Waals surface area (Å²) in [6.45, 7) is 7.45. The van der Waals surface area contributed by atoms with Crippen LogP contribution in [0.25, 0.3) is 0 Å². The van der Waals surface area contributed by atoms with Crippen molar-refractivity contribution in [2.24, 2.45) is 0 Å². The van der Waals surface area contributed by atoms with Gasteiger partial charge < -0.3 is 10.1 Å². The van der Waals surface area contributed by atoms with Gasteiger partial charge in [-0.15, -0.1) is 0 Å². The Balaban J connectivity index is 2.13. The predicted octanol–water partition coefficient (Wildman–Crippen LogP) is 4.37. The van der Waals surface area contributed by atoms with Crippen molar-refractivity contribution in [2.75, 3.05) is 6.61 Å². The molecular weight excluding hydrogens is 270 g/mol. The molecule has 1 heterocycles. The minimum Gasteiger partial charge on any atom is -0.493 e. The second-order valence-corrected chi connectivity index (χ2v) is 6.45. The van der Waals surface area contributed by atoms with Gasteiger partial charge in [-0.25, -0.2) is 0 Å². The third-order valence-electron chi connectivity index (χ3n) is 3.77. The number of unbranched alkanes of at least 4 members (excludes halogenated alkanes) is 1. The monoisotopic (exact) mass is 295 g/mol. The number of fused-ring (bicyclic) bond motifs is 1. The van der Waals surface area contributed by atoms with Crippen molar-refractivity contribution in [2.45, 2.75) is 65.0 Å². The number of hydrogen-bond acceptors (Lipinski definition) is 2. The van der Waals surface area contributed by atoms with E-state index < -0.39 is 0 Å². The zero-order chi connectivity index (χ0) is 14.5. The molecule has 0 amide bonds. The second-order valence-electron chi connectivity index (χ2n) is 6.02. The standard InChI is InChI=1S/C17H26ClNO/c1-4-5-6-16(19-12(2)3)11-14-10-15(18)9-13-7-8-20-17(13)14/h9-10,12,16,19H,4-8,11H2,1-3H3. The first-order valence-electron chi connectivity index (χ1n) is 7.80. The first-order chi connectivity index (χ1) is 9.60. The first kappa shape index (κ1) is 15.7. The fraction of sp³-hybridized carbons (Fsp3) is 0.647. The average molecular weight is 296 g/mol. The summed E-state index contributed by atoms with van der Waals surface area (Å²) in [4.78, 5) is 0. The molecule has 0 aromatic heterocycles. The van der Waals surface area contributed by atoms with Crippen molar-refractivity contribution < 1.29 is 4.74 Å². The summed E-state index contributed by atoms with van der Waals surface area (Å²) in [6, 6.07) is 5.13. The molecule has 1 aliphatic rings. The highest BCUT2D eigenvalue weighted by Crippen LogP contribution is 2.33. The quantitative estimate of drug-likeness (QED) is 0.806. The highest BCUT2D eigenvalue weighted by Gasteiger charge is 2.20. The molecule has 0 spiro atoms. The van der Waals surface area contributed by atoms with Crippen molar-refractivity contribution in [3.05, 3.63) is 28.3 Å². The van der Waals surface area contributed by atoms with Crippen LogP contribution in [0, 0.1) is 0 Å². The molecule has 1 aromatic carbocycles. The Bertz CT molecular complexity index is 445. The molecule has 2 rings (SSSR count). The van der Waals surface area contributed by atoms with E-state index in [-0.39, 0.29) is 0 Å². The topological polar surface area (TPSA) is 21.3 Å². The van der Waals surface area contributed by atoms with Gasteiger partial charge in [-0.1, -0.05) is 45.2 Å². The largest absolute Gasteiger partial charge is 0.493 e. The lowest BCUT2D eigenvalue weighted by Crippen LogP contribution is -2.36. The fourth-order valence-corrected chi connectivity index (χ4v) is 3.19. The molecule has 1 unspecified atom stereocenters. The molecule has 0 bridgehead atoms. The molecule has 1 atom stereocenters. The van der Waals surface area contributed by atoms with Crippen molar-refractivity contribution >= 4 is 11.6 Å². The summed E-state index contributed by atoms with van der Waals surface area (Å²) >= 11 is 6.25. The van der Waals surface area contributed by atoms with Gasteiger partial charge in [0, 0.05) is 23.5 Å². The maximum absolute atomic E-state index is 6.25. The summed E-state index contributed by atoms with van der Waals surface area (Å²) < 4.78 is 5.81. The Labute approximate surface area is 127 Å². The third kappa shape index (κ3) is 4.13. The summed E-state index contributed by atoms with van der Waals surface area (Å²) in [5.74, 6) is 1.08. The molecule has 2 nitrogen and oxygen atoms in total. The van der Waals surface area contributed by atoms with E-state index in [1.165, 1.54) is 30.4 Å². The molecule has 1 N–H and O–H groups in total. The zero-order valence-corrected chi connectivity index (χ0v) is 13.6. The lowest BCUT2D eigenvalue weighted by molar-refractivity contribution is 0.349. The van der Waals surface area contributed by atoms with Crippen LogP contribution in [0.1, 0.15) is 51.2 Å². The van der Waals surface area contributed by atoms with E-state index in [1.54, 1.807) is 0 Å². The molecule has 1 aromatic rings. The highest BCUT2D eigenvalue weighted by molar-refractivity contribution is 6.30. The van der Waals surface area contributed by atoms with Crippen LogP contribution in [-0.4, -0.2) is 18.7 Å². The Morgan fingerprint density at radius 1 is 1.35 bits per heavy atom. The molecule has 3 heteroatoms. The van der Waals surface area contributed by atoms with Gasteiger partial charge in [0.25, 0.3) is 0 Å². The number of halogens is 1. The molecule has 20 heavy (non-hydrogen) atoms. The molecular formula is C17H26ClNO. The number of rotatable bonds is 7. The van der Waals surface area contributed by atoms with E-state index >= 15 is 0 Å². The Morgan fingerprint density at radius 3 is 2.85 bits per heavy atom. The molecule has 0 fully saturated rings. The van der Waals surface area contributed by atoms with Crippen molar-refractivity contribution in [3.63, 3.8) is 0 Å². The summed E-state index contributed by atoms with van der Waals surface area (Å²) in [7, 11) is 0. The summed E-state index contributed by atoms with van der Waals surface area (Å²) in [5.41, 5.74) is 2.53. The van der Waals surface area contributed by atoms with Gasteiger partial charge in [0.2, 0.25) is 0 Å². The number of benzene rings is 1. The molecule has 1 aliphatic heterocycles. The first-order valence-corrected chi connectivity index (χ1v) is 8.18. The van der Waals surface area contributed by atoms with Crippen molar-refractivity contribution in [1.29, 1.82) is 0 Å². The smallest absolute Gasteiger partial charge is 0.125 e. The maximum atomic E-state index is 6.25. The summed E-state index contributed by atoms with van der Waals surface area (Å²) in [5, 5.41) is 4.51. The predicted molar refractivity (Wildman–Crippen MR) is 85.9 cm³/mol. The van der Waals surface area contributed by atoms with Crippen LogP contribution in [0.5, 0.6) is 5.75 Å². The van der Waals surface area contributed by atoms with Crippen LogP contribution < -0.4 is 10.1 Å². The SMILES string of the molecule is CCCCC(Cc1cc(Cl)cc2c1OCC2)NC(C)C. The van der Waals surface area contributed by atoms with Gasteiger partial charge in [-0.3, -0.25) is 0 Å². The Morgan fingerprint density at radius 2 is 2.15 bits per heavy atom. The van der Waals surface area contributed by atoms with Gasteiger partial charge >= 0.3 is 0 Å². The third-order valence-corrected chi connectivity index (χ3v) is 3.99. The van der Waals surface area contributed by atoms with E-state index in [0.29, 0.717) is 12.1 Å². The van der Waals surface area contributed by atoms with Crippen LogP contribution >= 0.6 is 11.6 Å².